The van der Waals surface area contributed by atoms with E-state index in [-0.39, 0.29) is 0 Å². The van der Waals surface area contributed by atoms with Crippen molar-refractivity contribution >= 4 is 5.78 Å². The first-order valence-electron chi connectivity index (χ1n) is 6.45. The van der Waals surface area contributed by atoms with Gasteiger partial charge in [0.2, 0.25) is 0 Å². The first kappa shape index (κ1) is 8.98. The molecule has 0 amide bonds. The van der Waals surface area contributed by atoms with Crippen LogP contribution in [0.2, 0.25) is 0 Å². The predicted molar refractivity (Wildman–Crippen MR) is 62.1 cm³/mol. The fourth-order valence-electron chi connectivity index (χ4n) is 4.47. The predicted octanol–water partition coefficient (Wildman–Crippen LogP) is 3.16. The summed E-state index contributed by atoms with van der Waals surface area (Å²) in [5.74, 6) is 4.15. The Balaban J connectivity index is 1.60. The number of Topliss-reactive ketones (excluding diaryl/α,β-unsaturated/α-hetero) is 1. The number of ketones is 1. The van der Waals surface area contributed by atoms with Gasteiger partial charge in [0.05, 0.1) is 0 Å². The molecule has 3 saturated carbocycles. The van der Waals surface area contributed by atoms with Crippen LogP contribution >= 0.6 is 0 Å². The molecule has 1 heteroatoms. The summed E-state index contributed by atoms with van der Waals surface area (Å²) in [4.78, 5) is 12.3. The summed E-state index contributed by atoms with van der Waals surface area (Å²) < 4.78 is 0. The monoisotopic (exact) mass is 212 g/mol. The number of fused-ring (bicyclic) bond motifs is 5. The molecular weight excluding hydrogens is 196 g/mol. The second-order valence-corrected chi connectivity index (χ2v) is 5.74. The molecule has 1 aromatic carbocycles. The number of hydrogen-bond acceptors (Lipinski definition) is 1. The molecule has 1 unspecified atom stereocenters. The molecule has 4 rings (SSSR count). The largest absolute Gasteiger partial charge is 0.294 e. The van der Waals surface area contributed by atoms with Crippen LogP contribution in [0.15, 0.2) is 30.3 Å². The SMILES string of the molecule is O=C(c1ccccc1)C1[C@@H]2[C@H]3CC[C@H](C3)[C@H]12. The van der Waals surface area contributed by atoms with Crippen LogP contribution in [0.5, 0.6) is 0 Å². The molecule has 0 spiro atoms. The maximum Gasteiger partial charge on any atom is 0.166 e. The average molecular weight is 212 g/mol. The lowest BCUT2D eigenvalue weighted by molar-refractivity contribution is 0.0944. The van der Waals surface area contributed by atoms with Crippen LogP contribution in [0, 0.1) is 29.6 Å². The van der Waals surface area contributed by atoms with E-state index < -0.39 is 0 Å². The van der Waals surface area contributed by atoms with Gasteiger partial charge in [-0.3, -0.25) is 4.79 Å². The summed E-state index contributed by atoms with van der Waals surface area (Å²) in [5, 5.41) is 0. The zero-order valence-electron chi connectivity index (χ0n) is 9.30. The molecule has 0 aromatic heterocycles. The summed E-state index contributed by atoms with van der Waals surface area (Å²) in [6, 6.07) is 9.87. The Labute approximate surface area is 95.9 Å². The van der Waals surface area contributed by atoms with E-state index in [2.05, 4.69) is 0 Å². The van der Waals surface area contributed by atoms with Crippen molar-refractivity contribution in [3.63, 3.8) is 0 Å². The molecule has 1 nitrogen and oxygen atoms in total. The Bertz CT molecular complexity index is 420. The molecule has 5 atom stereocenters. The number of benzene rings is 1. The molecule has 3 aliphatic carbocycles. The summed E-state index contributed by atoms with van der Waals surface area (Å²) in [5.41, 5.74) is 0.932. The fourth-order valence-corrected chi connectivity index (χ4v) is 4.47. The fraction of sp³-hybridized carbons (Fsp3) is 0.533. The molecular formula is C15H16O. The van der Waals surface area contributed by atoms with Gasteiger partial charge in [0.25, 0.3) is 0 Å². The van der Waals surface area contributed by atoms with E-state index >= 15 is 0 Å². The molecule has 0 radical (unpaired) electrons. The Morgan fingerprint density at radius 2 is 1.62 bits per heavy atom. The van der Waals surface area contributed by atoms with Gasteiger partial charge in [0, 0.05) is 11.5 Å². The van der Waals surface area contributed by atoms with Gasteiger partial charge < -0.3 is 0 Å². The van der Waals surface area contributed by atoms with Gasteiger partial charge in [-0.2, -0.15) is 0 Å². The quantitative estimate of drug-likeness (QED) is 0.688. The van der Waals surface area contributed by atoms with Crippen LogP contribution in [0.4, 0.5) is 0 Å². The summed E-state index contributed by atoms with van der Waals surface area (Å²) in [6.45, 7) is 0. The van der Waals surface area contributed by atoms with Gasteiger partial charge in [0.1, 0.15) is 0 Å². The second-order valence-electron chi connectivity index (χ2n) is 5.74. The maximum atomic E-state index is 12.3. The maximum absolute atomic E-state index is 12.3. The first-order valence-corrected chi connectivity index (χ1v) is 6.45. The van der Waals surface area contributed by atoms with Gasteiger partial charge >= 0.3 is 0 Å². The minimum atomic E-state index is 0.397. The van der Waals surface area contributed by atoms with Crippen LogP contribution < -0.4 is 0 Å². The third kappa shape index (κ3) is 1.04. The highest BCUT2D eigenvalue weighted by molar-refractivity contribution is 6.00. The zero-order valence-corrected chi connectivity index (χ0v) is 9.30. The standard InChI is InChI=1S/C15H16O/c16-15(9-4-2-1-3-5-9)14-12-10-6-7-11(8-10)13(12)14/h1-5,10-14H,6-8H2/t10-,11+,12+,13-,14?. The van der Waals surface area contributed by atoms with E-state index in [9.17, 15) is 4.79 Å². The van der Waals surface area contributed by atoms with Crippen LogP contribution in [0.3, 0.4) is 0 Å². The van der Waals surface area contributed by atoms with E-state index in [4.69, 9.17) is 0 Å². The molecule has 3 aliphatic rings. The summed E-state index contributed by atoms with van der Waals surface area (Å²) >= 11 is 0. The van der Waals surface area contributed by atoms with Crippen LogP contribution in [0.1, 0.15) is 29.6 Å². The number of carbonyl (C=O) groups excluding carboxylic acids is 1. The zero-order chi connectivity index (χ0) is 10.7. The Morgan fingerprint density at radius 3 is 2.25 bits per heavy atom. The highest BCUT2D eigenvalue weighted by Gasteiger charge is 2.67. The first-order chi connectivity index (χ1) is 7.86. The molecule has 0 aliphatic heterocycles. The lowest BCUT2D eigenvalue weighted by Crippen LogP contribution is -2.09. The Hall–Kier alpha value is -1.11. The molecule has 2 bridgehead atoms. The van der Waals surface area contributed by atoms with Gasteiger partial charge in [-0.15, -0.1) is 0 Å². The molecule has 1 aromatic rings. The number of carbonyl (C=O) groups is 1. The van der Waals surface area contributed by atoms with E-state index in [1.807, 2.05) is 30.3 Å². The van der Waals surface area contributed by atoms with Crippen molar-refractivity contribution in [3.05, 3.63) is 35.9 Å². The van der Waals surface area contributed by atoms with Crippen LogP contribution in [0.25, 0.3) is 0 Å². The summed E-state index contributed by atoms with van der Waals surface area (Å²) in [6.07, 6.45) is 4.21. The molecule has 82 valence electrons. The minimum Gasteiger partial charge on any atom is -0.294 e. The van der Waals surface area contributed by atoms with Crippen molar-refractivity contribution in [1.29, 1.82) is 0 Å². The highest BCUT2D eigenvalue weighted by atomic mass is 16.1. The summed E-state index contributed by atoms with van der Waals surface area (Å²) in [7, 11) is 0. The average Bonchev–Trinajstić information content (AvgIpc) is 2.77. The van der Waals surface area contributed by atoms with Crippen LogP contribution in [-0.2, 0) is 0 Å². The van der Waals surface area contributed by atoms with Gasteiger partial charge in [-0.25, -0.2) is 0 Å². The van der Waals surface area contributed by atoms with Crippen molar-refractivity contribution in [3.8, 4) is 0 Å². The van der Waals surface area contributed by atoms with E-state index in [1.165, 1.54) is 19.3 Å². The lowest BCUT2D eigenvalue weighted by Gasteiger charge is -2.07. The Morgan fingerprint density at radius 1 is 1.00 bits per heavy atom. The van der Waals surface area contributed by atoms with Crippen molar-refractivity contribution in [1.82, 2.24) is 0 Å². The van der Waals surface area contributed by atoms with E-state index in [0.29, 0.717) is 11.7 Å². The molecule has 0 N–H and O–H groups in total. The third-order valence-electron chi connectivity index (χ3n) is 5.10. The molecule has 3 fully saturated rings. The molecule has 0 saturated heterocycles. The normalized spacial score (nSPS) is 43.1. The van der Waals surface area contributed by atoms with Crippen LogP contribution in [-0.4, -0.2) is 5.78 Å². The lowest BCUT2D eigenvalue weighted by atomic mass is 9.96. The molecule has 16 heavy (non-hydrogen) atoms. The van der Waals surface area contributed by atoms with Crippen molar-refractivity contribution in [2.24, 2.45) is 29.6 Å². The van der Waals surface area contributed by atoms with Gasteiger partial charge in [-0.1, -0.05) is 30.3 Å². The highest BCUT2D eigenvalue weighted by Crippen LogP contribution is 2.69. The van der Waals surface area contributed by atoms with Crippen molar-refractivity contribution in [2.75, 3.05) is 0 Å². The van der Waals surface area contributed by atoms with Crippen molar-refractivity contribution < 1.29 is 4.79 Å². The smallest absolute Gasteiger partial charge is 0.166 e. The molecule has 0 heterocycles. The van der Waals surface area contributed by atoms with E-state index in [0.717, 1.165) is 29.2 Å². The Kier molecular flexibility index (Phi) is 1.66. The van der Waals surface area contributed by atoms with Gasteiger partial charge in [0.15, 0.2) is 5.78 Å². The third-order valence-corrected chi connectivity index (χ3v) is 5.10. The second kappa shape index (κ2) is 2.97. The van der Waals surface area contributed by atoms with E-state index in [1.54, 1.807) is 0 Å². The van der Waals surface area contributed by atoms with Crippen molar-refractivity contribution in [2.45, 2.75) is 19.3 Å². The topological polar surface area (TPSA) is 17.1 Å². The number of hydrogen-bond donors (Lipinski definition) is 0. The van der Waals surface area contributed by atoms with Gasteiger partial charge in [-0.05, 0) is 42.9 Å². The number of rotatable bonds is 2. The minimum absolute atomic E-state index is 0.397.